The number of halogens is 1. The summed E-state index contributed by atoms with van der Waals surface area (Å²) >= 11 is 0. The third kappa shape index (κ3) is 4.38. The summed E-state index contributed by atoms with van der Waals surface area (Å²) in [5.74, 6) is 2.44. The lowest BCUT2D eigenvalue weighted by Crippen LogP contribution is -3.00. The zero-order valence-corrected chi connectivity index (χ0v) is 19.4. The summed E-state index contributed by atoms with van der Waals surface area (Å²) in [6.45, 7) is 1.19. The van der Waals surface area contributed by atoms with Gasteiger partial charge >= 0.3 is 0 Å². The van der Waals surface area contributed by atoms with Crippen molar-refractivity contribution in [3.8, 4) is 17.2 Å². The maximum atomic E-state index is 12.9. The van der Waals surface area contributed by atoms with Gasteiger partial charge in [0, 0.05) is 12.8 Å². The highest BCUT2D eigenvalue weighted by Crippen LogP contribution is 2.51. The highest BCUT2D eigenvalue weighted by molar-refractivity contribution is 5.80. The molecule has 0 aliphatic carbocycles. The molecule has 0 radical (unpaired) electrons. The van der Waals surface area contributed by atoms with Crippen molar-refractivity contribution in [1.29, 1.82) is 0 Å². The second kappa shape index (κ2) is 8.92. The summed E-state index contributed by atoms with van der Waals surface area (Å²) in [6.07, 6.45) is 2.78. The smallest absolute Gasteiger partial charge is 0.231 e. The predicted molar refractivity (Wildman–Crippen MR) is 107 cm³/mol. The number of ether oxygens (including phenoxy) is 3. The molecule has 2 heterocycles. The zero-order valence-electron chi connectivity index (χ0n) is 17.2. The van der Waals surface area contributed by atoms with E-state index in [1.54, 1.807) is 7.11 Å². The molecule has 2 aromatic carbocycles. The number of quaternary nitrogens is 1. The van der Waals surface area contributed by atoms with Crippen molar-refractivity contribution in [3.63, 3.8) is 0 Å². The number of Topliss-reactive ketones (excluding diaryl/α,β-unsaturated/α-hetero) is 1. The highest BCUT2D eigenvalue weighted by Gasteiger charge is 2.42. The first-order valence-corrected chi connectivity index (χ1v) is 9.87. The fraction of sp³-hybridized carbons (Fsp3) is 0.435. The van der Waals surface area contributed by atoms with Crippen LogP contribution in [0.1, 0.15) is 35.6 Å². The van der Waals surface area contributed by atoms with E-state index in [4.69, 9.17) is 14.2 Å². The van der Waals surface area contributed by atoms with Crippen molar-refractivity contribution < 1.29 is 47.5 Å². The molecule has 0 saturated heterocycles. The van der Waals surface area contributed by atoms with E-state index in [2.05, 4.69) is 32.3 Å². The number of carbonyl (C=O) groups excluding carboxylic acids is 1. The number of carbonyl (C=O) groups is 1. The standard InChI is InChI=1S/C23H28NO4.HI/c1-24(2)12-11-17-13-20-22(28-15-27-20)23(26-3)21(17)19(24)14-18(25)10-9-16-7-5-4-6-8-16;/h4-8,13,19H,9-12,14-15H2,1-3H3;1H/q+1;/p-1. The van der Waals surface area contributed by atoms with Crippen molar-refractivity contribution in [3.05, 3.63) is 53.1 Å². The van der Waals surface area contributed by atoms with E-state index in [0.717, 1.165) is 40.9 Å². The Bertz CT molecular complexity index is 882. The fourth-order valence-electron chi connectivity index (χ4n) is 4.36. The van der Waals surface area contributed by atoms with Gasteiger partial charge in [0.25, 0.3) is 0 Å². The van der Waals surface area contributed by atoms with Gasteiger partial charge in [-0.2, -0.15) is 0 Å². The van der Waals surface area contributed by atoms with Gasteiger partial charge in [0.1, 0.15) is 11.8 Å². The minimum atomic E-state index is 0. The van der Waals surface area contributed by atoms with Gasteiger partial charge in [0.2, 0.25) is 12.5 Å². The van der Waals surface area contributed by atoms with E-state index < -0.39 is 0 Å². The van der Waals surface area contributed by atoms with Crippen molar-refractivity contribution in [1.82, 2.24) is 0 Å². The Morgan fingerprint density at radius 1 is 1.21 bits per heavy atom. The largest absolute Gasteiger partial charge is 1.00 e. The number of hydrogen-bond donors (Lipinski definition) is 0. The van der Waals surface area contributed by atoms with Crippen molar-refractivity contribution in [2.75, 3.05) is 34.5 Å². The average Bonchev–Trinajstić information content (AvgIpc) is 3.16. The minimum Gasteiger partial charge on any atom is -1.00 e. The molecule has 0 saturated carbocycles. The SMILES string of the molecule is COc1c2c(cc3c1C(CC(=O)CCc1ccccc1)[N+](C)(C)CC3)OCO2.[I-]. The fourth-order valence-corrected chi connectivity index (χ4v) is 4.36. The van der Waals surface area contributed by atoms with Crippen molar-refractivity contribution >= 4 is 5.78 Å². The first-order valence-electron chi connectivity index (χ1n) is 9.87. The van der Waals surface area contributed by atoms with Gasteiger partial charge in [0.05, 0.1) is 39.7 Å². The molecule has 0 fully saturated rings. The lowest BCUT2D eigenvalue weighted by molar-refractivity contribution is -0.922. The van der Waals surface area contributed by atoms with Crippen LogP contribution >= 0.6 is 0 Å². The van der Waals surface area contributed by atoms with Crippen LogP contribution < -0.4 is 38.2 Å². The van der Waals surface area contributed by atoms with Crippen LogP contribution in [0.2, 0.25) is 0 Å². The molecule has 0 N–H and O–H groups in total. The Labute approximate surface area is 189 Å². The first-order chi connectivity index (χ1) is 13.5. The number of benzene rings is 2. The molecule has 1 atom stereocenters. The lowest BCUT2D eigenvalue weighted by atomic mass is 9.86. The maximum absolute atomic E-state index is 12.9. The molecule has 4 rings (SSSR count). The summed E-state index contributed by atoms with van der Waals surface area (Å²) in [7, 11) is 6.06. The highest BCUT2D eigenvalue weighted by atomic mass is 127. The quantitative estimate of drug-likeness (QED) is 0.425. The van der Waals surface area contributed by atoms with Gasteiger partial charge < -0.3 is 42.7 Å². The van der Waals surface area contributed by atoms with Crippen LogP contribution in [0.4, 0.5) is 0 Å². The molecule has 29 heavy (non-hydrogen) atoms. The van der Waals surface area contributed by atoms with Gasteiger partial charge in [-0.1, -0.05) is 30.3 Å². The van der Waals surface area contributed by atoms with Gasteiger partial charge in [-0.05, 0) is 23.6 Å². The van der Waals surface area contributed by atoms with Crippen LogP contribution in [-0.2, 0) is 17.6 Å². The number of hydrogen-bond acceptors (Lipinski definition) is 4. The topological polar surface area (TPSA) is 44.8 Å². The molecule has 0 spiro atoms. The van der Waals surface area contributed by atoms with Crippen LogP contribution in [0.15, 0.2) is 36.4 Å². The molecule has 2 aliphatic heterocycles. The van der Waals surface area contributed by atoms with Crippen LogP contribution in [-0.4, -0.2) is 44.8 Å². The van der Waals surface area contributed by atoms with Gasteiger partial charge in [-0.25, -0.2) is 0 Å². The number of rotatable bonds is 6. The Kier molecular flexibility index (Phi) is 6.73. The second-order valence-corrected chi connectivity index (χ2v) is 8.21. The van der Waals surface area contributed by atoms with Gasteiger partial charge in [-0.3, -0.25) is 4.79 Å². The summed E-state index contributed by atoms with van der Waals surface area (Å²) < 4.78 is 17.8. The number of methoxy groups -OCH3 is 1. The molecule has 156 valence electrons. The molecular weight excluding hydrogens is 481 g/mol. The minimum absolute atomic E-state index is 0. The molecule has 0 amide bonds. The molecule has 1 unspecified atom stereocenters. The van der Waals surface area contributed by atoms with E-state index in [-0.39, 0.29) is 42.6 Å². The summed E-state index contributed by atoms with van der Waals surface area (Å²) in [4.78, 5) is 12.9. The van der Waals surface area contributed by atoms with E-state index in [9.17, 15) is 4.79 Å². The van der Waals surface area contributed by atoms with Crippen molar-refractivity contribution in [2.45, 2.75) is 31.7 Å². The van der Waals surface area contributed by atoms with Gasteiger partial charge in [0.15, 0.2) is 11.5 Å². The van der Waals surface area contributed by atoms with Crippen LogP contribution in [0, 0.1) is 0 Å². The third-order valence-electron chi connectivity index (χ3n) is 6.04. The molecule has 5 nitrogen and oxygen atoms in total. The van der Waals surface area contributed by atoms with Crippen LogP contribution in [0.5, 0.6) is 17.2 Å². The van der Waals surface area contributed by atoms with E-state index >= 15 is 0 Å². The Hall–Kier alpha value is -1.80. The summed E-state index contributed by atoms with van der Waals surface area (Å²) in [6, 6.07) is 12.3. The number of likely N-dealkylation sites (N-methyl/N-ethyl adjacent to an activating group) is 1. The maximum Gasteiger partial charge on any atom is 0.231 e. The lowest BCUT2D eigenvalue weighted by Gasteiger charge is -2.43. The normalized spacial score (nSPS) is 18.5. The second-order valence-electron chi connectivity index (χ2n) is 8.21. The molecule has 2 aromatic rings. The van der Waals surface area contributed by atoms with E-state index in [1.807, 2.05) is 18.2 Å². The summed E-state index contributed by atoms with van der Waals surface area (Å²) in [5, 5.41) is 0. The van der Waals surface area contributed by atoms with E-state index in [0.29, 0.717) is 18.6 Å². The third-order valence-corrected chi connectivity index (χ3v) is 6.04. The molecule has 6 heteroatoms. The number of ketones is 1. The van der Waals surface area contributed by atoms with Gasteiger partial charge in [-0.15, -0.1) is 0 Å². The number of nitrogens with zero attached hydrogens (tertiary/aromatic N) is 1. The molecule has 0 aromatic heterocycles. The predicted octanol–water partition coefficient (Wildman–Crippen LogP) is 0.694. The van der Waals surface area contributed by atoms with Crippen molar-refractivity contribution in [2.24, 2.45) is 0 Å². The van der Waals surface area contributed by atoms with Crippen LogP contribution in [0.3, 0.4) is 0 Å². The zero-order chi connectivity index (χ0) is 19.7. The Morgan fingerprint density at radius 2 is 1.97 bits per heavy atom. The first kappa shape index (κ1) is 21.9. The average molecular weight is 509 g/mol. The number of fused-ring (bicyclic) bond motifs is 2. The number of aryl methyl sites for hydroxylation is 1. The molecule has 2 aliphatic rings. The molecule has 0 bridgehead atoms. The Balaban J connectivity index is 0.00000240. The monoisotopic (exact) mass is 509 g/mol. The Morgan fingerprint density at radius 3 is 2.69 bits per heavy atom. The van der Waals surface area contributed by atoms with Crippen LogP contribution in [0.25, 0.3) is 0 Å². The molecular formula is C23H28INO4. The summed E-state index contributed by atoms with van der Waals surface area (Å²) in [5.41, 5.74) is 3.52. The van der Waals surface area contributed by atoms with E-state index in [1.165, 1.54) is 11.1 Å².